The van der Waals surface area contributed by atoms with Crippen molar-refractivity contribution in [2.75, 3.05) is 13.6 Å². The third kappa shape index (κ3) is 3.21. The zero-order valence-corrected chi connectivity index (χ0v) is 16.0. The third-order valence-corrected chi connectivity index (χ3v) is 6.17. The predicted octanol–water partition coefficient (Wildman–Crippen LogP) is 4.12. The van der Waals surface area contributed by atoms with Gasteiger partial charge in [-0.2, -0.15) is 0 Å². The fourth-order valence-electron chi connectivity index (χ4n) is 4.09. The molecule has 4 rings (SSSR count). The first kappa shape index (κ1) is 18.4. The maximum absolute atomic E-state index is 11.8. The van der Waals surface area contributed by atoms with Gasteiger partial charge in [0.25, 0.3) is 0 Å². The number of aliphatic carboxylic acids is 2. The molecule has 0 radical (unpaired) electrons. The lowest BCUT2D eigenvalue weighted by Gasteiger charge is -2.39. The van der Waals surface area contributed by atoms with Gasteiger partial charge in [-0.1, -0.05) is 30.3 Å². The number of hydrogen-bond donors (Lipinski definition) is 2. The molecule has 142 valence electrons. The van der Waals surface area contributed by atoms with Crippen LogP contribution in [0.3, 0.4) is 0 Å². The van der Waals surface area contributed by atoms with Crippen molar-refractivity contribution < 1.29 is 19.8 Å². The third-order valence-electron chi connectivity index (χ3n) is 5.28. The van der Waals surface area contributed by atoms with E-state index >= 15 is 0 Å². The lowest BCUT2D eigenvalue weighted by Crippen LogP contribution is -2.38. The summed E-state index contributed by atoms with van der Waals surface area (Å²) >= 11 is 1.70. The quantitative estimate of drug-likeness (QED) is 0.652. The molecule has 0 saturated heterocycles. The number of thiophene rings is 1. The molecule has 2 N–H and O–H groups in total. The second kappa shape index (κ2) is 7.22. The molecule has 1 aliphatic heterocycles. The smallest absolute Gasteiger partial charge is 0.333 e. The van der Waals surface area contributed by atoms with E-state index in [9.17, 15) is 14.7 Å². The summed E-state index contributed by atoms with van der Waals surface area (Å²) in [4.78, 5) is 24.9. The Balaban J connectivity index is 1.84. The van der Waals surface area contributed by atoms with E-state index in [-0.39, 0.29) is 11.5 Å². The molecule has 2 aromatic carbocycles. The molecule has 6 heteroatoms. The Labute approximate surface area is 166 Å². The lowest BCUT2D eigenvalue weighted by atomic mass is 9.79. The van der Waals surface area contributed by atoms with Gasteiger partial charge in [0.15, 0.2) is 0 Å². The molecule has 0 saturated carbocycles. The van der Waals surface area contributed by atoms with Gasteiger partial charge in [0.05, 0.1) is 11.6 Å². The Morgan fingerprint density at radius 3 is 2.57 bits per heavy atom. The Kier molecular flexibility index (Phi) is 4.75. The molecular formula is C22H19NO4S. The van der Waals surface area contributed by atoms with Gasteiger partial charge < -0.3 is 10.2 Å². The van der Waals surface area contributed by atoms with Gasteiger partial charge >= 0.3 is 11.9 Å². The Morgan fingerprint density at radius 1 is 1.11 bits per heavy atom. The van der Waals surface area contributed by atoms with Crippen LogP contribution in [0, 0.1) is 0 Å². The van der Waals surface area contributed by atoms with Crippen molar-refractivity contribution in [3.05, 3.63) is 82.3 Å². The molecule has 0 bridgehead atoms. The van der Waals surface area contributed by atoms with Crippen molar-refractivity contribution in [2.45, 2.75) is 12.0 Å². The predicted molar refractivity (Wildman–Crippen MR) is 109 cm³/mol. The number of carboxylic acids is 2. The minimum absolute atomic E-state index is 0.0848. The first-order chi connectivity index (χ1) is 13.5. The number of hydrogen-bond acceptors (Lipinski definition) is 4. The molecule has 2 heterocycles. The van der Waals surface area contributed by atoms with Crippen molar-refractivity contribution in [1.82, 2.24) is 4.90 Å². The van der Waals surface area contributed by atoms with Gasteiger partial charge in [-0.15, -0.1) is 11.3 Å². The largest absolute Gasteiger partial charge is 0.478 e. The van der Waals surface area contributed by atoms with Crippen LogP contribution in [0.4, 0.5) is 0 Å². The number of carboxylic acid groups (broad SMARTS) is 2. The van der Waals surface area contributed by atoms with Gasteiger partial charge in [-0.05, 0) is 52.7 Å². The summed E-state index contributed by atoms with van der Waals surface area (Å²) in [5.41, 5.74) is 2.91. The van der Waals surface area contributed by atoms with E-state index in [1.807, 2.05) is 36.2 Å². The van der Waals surface area contributed by atoms with Crippen LogP contribution in [0.2, 0.25) is 0 Å². The van der Waals surface area contributed by atoms with Crippen molar-refractivity contribution in [1.29, 1.82) is 0 Å². The summed E-state index contributed by atoms with van der Waals surface area (Å²) in [5, 5.41) is 22.1. The molecule has 2 atom stereocenters. The van der Waals surface area contributed by atoms with Crippen LogP contribution in [-0.2, 0) is 9.59 Å². The summed E-state index contributed by atoms with van der Waals surface area (Å²) in [5.74, 6) is -2.39. The highest BCUT2D eigenvalue weighted by molar-refractivity contribution is 7.17. The van der Waals surface area contributed by atoms with E-state index < -0.39 is 18.0 Å². The summed E-state index contributed by atoms with van der Waals surface area (Å²) in [6.45, 7) is 0.599. The Bertz CT molecular complexity index is 1100. The van der Waals surface area contributed by atoms with Gasteiger partial charge in [0.2, 0.25) is 0 Å². The molecule has 0 aliphatic carbocycles. The van der Waals surface area contributed by atoms with Crippen molar-refractivity contribution in [3.63, 3.8) is 0 Å². The van der Waals surface area contributed by atoms with Gasteiger partial charge in [-0.3, -0.25) is 4.90 Å². The maximum atomic E-state index is 11.8. The first-order valence-electron chi connectivity index (χ1n) is 8.89. The molecule has 0 fully saturated rings. The molecule has 1 aliphatic rings. The number of nitrogens with zero attached hydrogens (tertiary/aromatic N) is 1. The standard InChI is InChI=1S/C22H19NO4S/c1-23-12-18(13-6-7-19-14(10-13)8-9-28-19)15-4-2-3-5-16(15)21(23)17(22(26)27)11-20(24)25/h2-11,18,21H,12H2,1H3,(H,24,25)(H,26,27)/b17-11+. The molecule has 0 amide bonds. The first-order valence-corrected chi connectivity index (χ1v) is 9.77. The van der Waals surface area contributed by atoms with Crippen LogP contribution in [0.1, 0.15) is 28.7 Å². The lowest BCUT2D eigenvalue weighted by molar-refractivity contribution is -0.135. The second-order valence-electron chi connectivity index (χ2n) is 6.98. The van der Waals surface area contributed by atoms with Crippen LogP contribution in [0.15, 0.2) is 65.6 Å². The Morgan fingerprint density at radius 2 is 1.86 bits per heavy atom. The zero-order chi connectivity index (χ0) is 19.8. The summed E-state index contributed by atoms with van der Waals surface area (Å²) in [6, 6.07) is 15.6. The number of benzene rings is 2. The van der Waals surface area contributed by atoms with Crippen LogP contribution in [0.5, 0.6) is 0 Å². The van der Waals surface area contributed by atoms with Gasteiger partial charge in [0, 0.05) is 23.2 Å². The summed E-state index contributed by atoms with van der Waals surface area (Å²) in [6.07, 6.45) is 0.804. The minimum Gasteiger partial charge on any atom is -0.478 e. The van der Waals surface area contributed by atoms with E-state index in [1.54, 1.807) is 11.3 Å². The van der Waals surface area contributed by atoms with Gasteiger partial charge in [0.1, 0.15) is 0 Å². The SMILES string of the molecule is CN1CC(c2ccc3sccc3c2)c2ccccc2C1/C(=C\C(=O)O)C(=O)O. The molecule has 28 heavy (non-hydrogen) atoms. The molecule has 0 spiro atoms. The molecule has 1 aromatic heterocycles. The second-order valence-corrected chi connectivity index (χ2v) is 7.93. The van der Waals surface area contributed by atoms with Crippen molar-refractivity contribution in [3.8, 4) is 0 Å². The van der Waals surface area contributed by atoms with E-state index in [1.165, 1.54) is 15.6 Å². The van der Waals surface area contributed by atoms with Crippen molar-refractivity contribution in [2.24, 2.45) is 0 Å². The van der Waals surface area contributed by atoms with Crippen molar-refractivity contribution >= 4 is 33.4 Å². The van der Waals surface area contributed by atoms with E-state index in [2.05, 4.69) is 29.6 Å². The highest BCUT2D eigenvalue weighted by Gasteiger charge is 2.36. The monoisotopic (exact) mass is 393 g/mol. The molecule has 2 unspecified atom stereocenters. The normalized spacial score (nSPS) is 20.1. The van der Waals surface area contributed by atoms with E-state index in [0.29, 0.717) is 6.54 Å². The number of likely N-dealkylation sites (N-methyl/N-ethyl adjacent to an activating group) is 1. The van der Waals surface area contributed by atoms with E-state index in [0.717, 1.165) is 17.2 Å². The van der Waals surface area contributed by atoms with Gasteiger partial charge in [-0.25, -0.2) is 9.59 Å². The topological polar surface area (TPSA) is 77.8 Å². The fourth-order valence-corrected chi connectivity index (χ4v) is 4.86. The number of carbonyl (C=O) groups is 2. The minimum atomic E-state index is -1.26. The van der Waals surface area contributed by atoms with Crippen LogP contribution >= 0.6 is 11.3 Å². The van der Waals surface area contributed by atoms with Crippen LogP contribution < -0.4 is 0 Å². The van der Waals surface area contributed by atoms with Crippen LogP contribution in [0.25, 0.3) is 10.1 Å². The van der Waals surface area contributed by atoms with E-state index in [4.69, 9.17) is 5.11 Å². The highest BCUT2D eigenvalue weighted by atomic mass is 32.1. The summed E-state index contributed by atoms with van der Waals surface area (Å²) < 4.78 is 1.23. The maximum Gasteiger partial charge on any atom is 0.333 e. The molecular weight excluding hydrogens is 374 g/mol. The fraction of sp³-hybridized carbons (Fsp3) is 0.182. The Hall–Kier alpha value is -2.96. The van der Waals surface area contributed by atoms with Crippen LogP contribution in [-0.4, -0.2) is 40.6 Å². The number of rotatable bonds is 4. The highest BCUT2D eigenvalue weighted by Crippen LogP contribution is 2.42. The number of fused-ring (bicyclic) bond motifs is 2. The zero-order valence-electron chi connectivity index (χ0n) is 15.2. The average molecular weight is 393 g/mol. The average Bonchev–Trinajstić information content (AvgIpc) is 3.13. The molecule has 3 aromatic rings. The summed E-state index contributed by atoms with van der Waals surface area (Å²) in [7, 11) is 1.84. The molecule has 5 nitrogen and oxygen atoms in total.